The van der Waals surface area contributed by atoms with Gasteiger partial charge in [0.05, 0.1) is 6.54 Å². The minimum absolute atomic E-state index is 0. The van der Waals surface area contributed by atoms with E-state index in [1.807, 2.05) is 25.8 Å². The molecule has 5 nitrogen and oxygen atoms in total. The minimum Gasteiger partial charge on any atom is -0.480 e. The standard InChI is InChI=1S/C15H22N2O3.ClH/c1-10-5-6-13(11(2)7-10)12(3)17(4)9-14(18)16-8-15(19)20;/h5-7,12H,8-9H2,1-4H3,(H,16,18)(H,19,20);1H. The zero-order chi connectivity index (χ0) is 15.3. The molecule has 118 valence electrons. The lowest BCUT2D eigenvalue weighted by Crippen LogP contribution is -2.38. The van der Waals surface area contributed by atoms with Crippen LogP contribution in [0.25, 0.3) is 0 Å². The third kappa shape index (κ3) is 6.14. The van der Waals surface area contributed by atoms with E-state index in [4.69, 9.17) is 5.11 Å². The lowest BCUT2D eigenvalue weighted by molar-refractivity contribution is -0.138. The van der Waals surface area contributed by atoms with Gasteiger partial charge in [0.15, 0.2) is 0 Å². The van der Waals surface area contributed by atoms with Gasteiger partial charge in [0.1, 0.15) is 6.54 Å². The highest BCUT2D eigenvalue weighted by Gasteiger charge is 2.16. The first-order valence-corrected chi connectivity index (χ1v) is 6.57. The summed E-state index contributed by atoms with van der Waals surface area (Å²) in [5.74, 6) is -1.32. The SMILES string of the molecule is Cc1ccc(C(C)N(C)CC(=O)NCC(=O)O)c(C)c1.Cl. The smallest absolute Gasteiger partial charge is 0.322 e. The third-order valence-corrected chi connectivity index (χ3v) is 3.37. The van der Waals surface area contributed by atoms with Crippen molar-refractivity contribution in [2.45, 2.75) is 26.8 Å². The molecule has 2 N–H and O–H groups in total. The number of rotatable bonds is 6. The number of benzene rings is 1. The zero-order valence-electron chi connectivity index (χ0n) is 12.8. The Balaban J connectivity index is 0.00000400. The monoisotopic (exact) mass is 314 g/mol. The number of nitrogens with zero attached hydrogens (tertiary/aromatic N) is 1. The first-order chi connectivity index (χ1) is 9.31. The number of carbonyl (C=O) groups is 2. The van der Waals surface area contributed by atoms with Crippen LogP contribution in [0.4, 0.5) is 0 Å². The predicted molar refractivity (Wildman–Crippen MR) is 84.9 cm³/mol. The predicted octanol–water partition coefficient (Wildman–Crippen LogP) is 1.92. The Hall–Kier alpha value is -1.59. The summed E-state index contributed by atoms with van der Waals surface area (Å²) in [4.78, 5) is 23.9. The maximum atomic E-state index is 11.6. The normalized spacial score (nSPS) is 11.7. The summed E-state index contributed by atoms with van der Waals surface area (Å²) >= 11 is 0. The van der Waals surface area contributed by atoms with E-state index >= 15 is 0 Å². The van der Waals surface area contributed by atoms with E-state index in [0.717, 1.165) is 0 Å². The number of halogens is 1. The quantitative estimate of drug-likeness (QED) is 0.841. The molecule has 1 rings (SSSR count). The van der Waals surface area contributed by atoms with E-state index < -0.39 is 5.97 Å². The second-order valence-corrected chi connectivity index (χ2v) is 5.12. The van der Waals surface area contributed by atoms with Crippen molar-refractivity contribution < 1.29 is 14.7 Å². The van der Waals surface area contributed by atoms with Gasteiger partial charge < -0.3 is 10.4 Å². The van der Waals surface area contributed by atoms with E-state index in [9.17, 15) is 9.59 Å². The Morgan fingerprint density at radius 2 is 1.95 bits per heavy atom. The molecule has 0 radical (unpaired) electrons. The summed E-state index contributed by atoms with van der Waals surface area (Å²) < 4.78 is 0. The van der Waals surface area contributed by atoms with Gasteiger partial charge in [-0.25, -0.2) is 0 Å². The van der Waals surface area contributed by atoms with Gasteiger partial charge in [-0.2, -0.15) is 0 Å². The van der Waals surface area contributed by atoms with Crippen molar-refractivity contribution in [1.82, 2.24) is 10.2 Å². The molecule has 0 heterocycles. The van der Waals surface area contributed by atoms with Gasteiger partial charge in [0, 0.05) is 6.04 Å². The van der Waals surface area contributed by atoms with Crippen LogP contribution in [0.15, 0.2) is 18.2 Å². The van der Waals surface area contributed by atoms with Crippen molar-refractivity contribution in [2.75, 3.05) is 20.1 Å². The number of nitrogens with one attached hydrogen (secondary N) is 1. The number of carboxylic acid groups (broad SMARTS) is 1. The number of amides is 1. The van der Waals surface area contributed by atoms with Crippen LogP contribution in [-0.4, -0.2) is 42.0 Å². The van der Waals surface area contributed by atoms with Crippen molar-refractivity contribution in [2.24, 2.45) is 0 Å². The van der Waals surface area contributed by atoms with Crippen LogP contribution in [-0.2, 0) is 9.59 Å². The third-order valence-electron chi connectivity index (χ3n) is 3.37. The van der Waals surface area contributed by atoms with Gasteiger partial charge in [-0.3, -0.25) is 14.5 Å². The highest BCUT2D eigenvalue weighted by molar-refractivity contribution is 5.85. The molecule has 21 heavy (non-hydrogen) atoms. The van der Waals surface area contributed by atoms with Gasteiger partial charge in [0.2, 0.25) is 5.91 Å². The molecule has 0 bridgehead atoms. The number of hydrogen-bond acceptors (Lipinski definition) is 3. The molecule has 0 aromatic heterocycles. The van der Waals surface area contributed by atoms with E-state index in [2.05, 4.69) is 30.4 Å². The average Bonchev–Trinajstić information content (AvgIpc) is 2.35. The van der Waals surface area contributed by atoms with Gasteiger partial charge in [0.25, 0.3) is 0 Å². The first-order valence-electron chi connectivity index (χ1n) is 6.57. The number of hydrogen-bond donors (Lipinski definition) is 2. The highest BCUT2D eigenvalue weighted by atomic mass is 35.5. The molecule has 0 spiro atoms. The molecular weight excluding hydrogens is 292 g/mol. The molecular formula is C15H23ClN2O3. The maximum absolute atomic E-state index is 11.6. The summed E-state index contributed by atoms with van der Waals surface area (Å²) in [6.45, 7) is 5.95. The second kappa shape index (κ2) is 8.64. The molecule has 1 atom stereocenters. The molecule has 1 aromatic rings. The van der Waals surface area contributed by atoms with Gasteiger partial charge in [-0.15, -0.1) is 12.4 Å². The largest absolute Gasteiger partial charge is 0.480 e. The van der Waals surface area contributed by atoms with E-state index in [1.54, 1.807) is 0 Å². The Morgan fingerprint density at radius 1 is 1.33 bits per heavy atom. The van der Waals surface area contributed by atoms with Crippen molar-refractivity contribution in [3.63, 3.8) is 0 Å². The molecule has 1 aromatic carbocycles. The highest BCUT2D eigenvalue weighted by Crippen LogP contribution is 2.22. The Labute approximate surface area is 131 Å². The molecule has 0 aliphatic carbocycles. The first kappa shape index (κ1) is 19.4. The summed E-state index contributed by atoms with van der Waals surface area (Å²) in [5, 5.41) is 10.9. The fourth-order valence-electron chi connectivity index (χ4n) is 2.13. The van der Waals surface area contributed by atoms with Crippen molar-refractivity contribution in [3.8, 4) is 0 Å². The van der Waals surface area contributed by atoms with Crippen molar-refractivity contribution in [1.29, 1.82) is 0 Å². The molecule has 0 fully saturated rings. The number of aliphatic carboxylic acids is 1. The number of carbonyl (C=O) groups excluding carboxylic acids is 1. The van der Waals surface area contributed by atoms with Crippen LogP contribution in [0.3, 0.4) is 0 Å². The molecule has 0 aliphatic heterocycles. The Morgan fingerprint density at radius 3 is 2.48 bits per heavy atom. The summed E-state index contributed by atoms with van der Waals surface area (Å²) in [5.41, 5.74) is 3.57. The van der Waals surface area contributed by atoms with Crippen molar-refractivity contribution in [3.05, 3.63) is 34.9 Å². The van der Waals surface area contributed by atoms with Crippen LogP contribution in [0.1, 0.15) is 29.7 Å². The van der Waals surface area contributed by atoms with Gasteiger partial charge >= 0.3 is 5.97 Å². The summed E-state index contributed by atoms with van der Waals surface area (Å²) in [6, 6.07) is 6.33. The van der Waals surface area contributed by atoms with Gasteiger partial charge in [-0.05, 0) is 38.9 Å². The van der Waals surface area contributed by atoms with E-state index in [0.29, 0.717) is 0 Å². The van der Waals surface area contributed by atoms with Crippen LogP contribution in [0, 0.1) is 13.8 Å². The van der Waals surface area contributed by atoms with E-state index in [-0.39, 0.29) is 37.4 Å². The van der Waals surface area contributed by atoms with Crippen LogP contribution >= 0.6 is 12.4 Å². The molecule has 0 saturated carbocycles. The molecule has 6 heteroatoms. The second-order valence-electron chi connectivity index (χ2n) is 5.12. The Kier molecular flexibility index (Phi) is 7.99. The number of carboxylic acids is 1. The maximum Gasteiger partial charge on any atom is 0.322 e. The zero-order valence-corrected chi connectivity index (χ0v) is 13.7. The lowest BCUT2D eigenvalue weighted by atomic mass is 9.99. The number of likely N-dealkylation sites (N-methyl/N-ethyl adjacent to an activating group) is 1. The molecule has 0 saturated heterocycles. The summed E-state index contributed by atoms with van der Waals surface area (Å²) in [6.07, 6.45) is 0. The average molecular weight is 315 g/mol. The molecule has 0 aliphatic rings. The summed E-state index contributed by atoms with van der Waals surface area (Å²) in [7, 11) is 1.85. The topological polar surface area (TPSA) is 69.6 Å². The van der Waals surface area contributed by atoms with Crippen LogP contribution < -0.4 is 5.32 Å². The van der Waals surface area contributed by atoms with Crippen LogP contribution in [0.2, 0.25) is 0 Å². The Bertz CT molecular complexity index is 506. The molecule has 1 amide bonds. The fourth-order valence-corrected chi connectivity index (χ4v) is 2.13. The van der Waals surface area contributed by atoms with E-state index in [1.165, 1.54) is 16.7 Å². The number of aryl methyl sites for hydroxylation is 2. The lowest BCUT2D eigenvalue weighted by Gasteiger charge is -2.26. The molecule has 1 unspecified atom stereocenters. The fraction of sp³-hybridized carbons (Fsp3) is 0.467. The van der Waals surface area contributed by atoms with Crippen molar-refractivity contribution >= 4 is 24.3 Å². The minimum atomic E-state index is -1.04. The van der Waals surface area contributed by atoms with Gasteiger partial charge in [-0.1, -0.05) is 23.8 Å². The van der Waals surface area contributed by atoms with Crippen LogP contribution in [0.5, 0.6) is 0 Å².